The van der Waals surface area contributed by atoms with Gasteiger partial charge in [-0.15, -0.1) is 11.3 Å². The average Bonchev–Trinajstić information content (AvgIpc) is 2.61. The number of rotatable bonds is 5. The van der Waals surface area contributed by atoms with Gasteiger partial charge in [-0.05, 0) is 31.0 Å². The highest BCUT2D eigenvalue weighted by Gasteiger charge is 2.10. The van der Waals surface area contributed by atoms with Crippen molar-refractivity contribution in [2.24, 2.45) is 0 Å². The lowest BCUT2D eigenvalue weighted by molar-refractivity contribution is -0.130. The Balaban J connectivity index is 2.45. The van der Waals surface area contributed by atoms with E-state index in [1.54, 1.807) is 16.2 Å². The van der Waals surface area contributed by atoms with Gasteiger partial charge < -0.3 is 10.2 Å². The van der Waals surface area contributed by atoms with Crippen LogP contribution >= 0.6 is 11.3 Å². The summed E-state index contributed by atoms with van der Waals surface area (Å²) in [5.74, 6) is 0.192. The first kappa shape index (κ1) is 12.2. The Morgan fingerprint density at radius 1 is 1.60 bits per heavy atom. The van der Waals surface area contributed by atoms with E-state index >= 15 is 0 Å². The first-order valence-electron chi connectivity index (χ1n) is 5.06. The third-order valence-corrected chi connectivity index (χ3v) is 3.37. The standard InChI is InChI=1S/C11H18N2OS/c1-9-5-7-15-10(9)8-13(3)11(14)4-6-12-2/h5,7,12H,4,6,8H2,1-3H3. The van der Waals surface area contributed by atoms with Crippen molar-refractivity contribution >= 4 is 17.2 Å². The molecule has 0 aliphatic rings. The maximum Gasteiger partial charge on any atom is 0.223 e. The Hall–Kier alpha value is -0.870. The van der Waals surface area contributed by atoms with Crippen LogP contribution in [0.4, 0.5) is 0 Å². The summed E-state index contributed by atoms with van der Waals surface area (Å²) in [6, 6.07) is 2.09. The van der Waals surface area contributed by atoms with E-state index in [0.29, 0.717) is 6.42 Å². The summed E-state index contributed by atoms with van der Waals surface area (Å²) in [4.78, 5) is 14.7. The van der Waals surface area contributed by atoms with Crippen LogP contribution in [0, 0.1) is 6.92 Å². The molecule has 15 heavy (non-hydrogen) atoms. The van der Waals surface area contributed by atoms with Crippen molar-refractivity contribution in [3.05, 3.63) is 21.9 Å². The summed E-state index contributed by atoms with van der Waals surface area (Å²) in [5.41, 5.74) is 1.27. The molecule has 0 aliphatic carbocycles. The number of nitrogens with zero attached hydrogens (tertiary/aromatic N) is 1. The topological polar surface area (TPSA) is 32.3 Å². The Labute approximate surface area is 95.1 Å². The monoisotopic (exact) mass is 226 g/mol. The lowest BCUT2D eigenvalue weighted by atomic mass is 10.2. The number of carbonyl (C=O) groups is 1. The number of thiophene rings is 1. The maximum absolute atomic E-state index is 11.6. The predicted molar refractivity (Wildman–Crippen MR) is 64.1 cm³/mol. The van der Waals surface area contributed by atoms with Crippen LogP contribution in [0.3, 0.4) is 0 Å². The summed E-state index contributed by atoms with van der Waals surface area (Å²) < 4.78 is 0. The van der Waals surface area contributed by atoms with Gasteiger partial charge in [0, 0.05) is 24.9 Å². The van der Waals surface area contributed by atoms with E-state index in [1.165, 1.54) is 10.4 Å². The minimum absolute atomic E-state index is 0.192. The molecule has 0 unspecified atom stereocenters. The number of nitrogens with one attached hydrogen (secondary N) is 1. The zero-order valence-electron chi connectivity index (χ0n) is 9.54. The first-order valence-corrected chi connectivity index (χ1v) is 5.94. The van der Waals surface area contributed by atoms with Gasteiger partial charge in [0.15, 0.2) is 0 Å². The van der Waals surface area contributed by atoms with Crippen molar-refractivity contribution in [3.63, 3.8) is 0 Å². The summed E-state index contributed by atoms with van der Waals surface area (Å²) in [6.45, 7) is 3.55. The molecule has 0 saturated heterocycles. The molecule has 0 saturated carbocycles. The maximum atomic E-state index is 11.6. The van der Waals surface area contributed by atoms with Gasteiger partial charge in [-0.25, -0.2) is 0 Å². The van der Waals surface area contributed by atoms with Gasteiger partial charge in [0.25, 0.3) is 0 Å². The molecular weight excluding hydrogens is 208 g/mol. The fraction of sp³-hybridized carbons (Fsp3) is 0.545. The van der Waals surface area contributed by atoms with Crippen LogP contribution in [0.1, 0.15) is 16.9 Å². The molecule has 1 amide bonds. The minimum Gasteiger partial charge on any atom is -0.341 e. The van der Waals surface area contributed by atoms with E-state index in [-0.39, 0.29) is 5.91 Å². The number of amides is 1. The molecule has 84 valence electrons. The van der Waals surface area contributed by atoms with E-state index in [9.17, 15) is 4.79 Å². The van der Waals surface area contributed by atoms with E-state index in [4.69, 9.17) is 0 Å². The van der Waals surface area contributed by atoms with Crippen LogP contribution in [0.2, 0.25) is 0 Å². The van der Waals surface area contributed by atoms with Gasteiger partial charge in [0.05, 0.1) is 6.54 Å². The smallest absolute Gasteiger partial charge is 0.223 e. The normalized spacial score (nSPS) is 10.3. The van der Waals surface area contributed by atoms with Crippen LogP contribution in [-0.2, 0) is 11.3 Å². The molecule has 0 atom stereocenters. The molecule has 0 bridgehead atoms. The molecule has 1 aromatic heterocycles. The third-order valence-electron chi connectivity index (χ3n) is 2.36. The quantitative estimate of drug-likeness (QED) is 0.827. The first-order chi connectivity index (χ1) is 7.15. The lowest BCUT2D eigenvalue weighted by Crippen LogP contribution is -2.28. The molecule has 4 heteroatoms. The van der Waals surface area contributed by atoms with Crippen LogP contribution in [0.15, 0.2) is 11.4 Å². The van der Waals surface area contributed by atoms with E-state index in [0.717, 1.165) is 13.1 Å². The molecule has 1 N–H and O–H groups in total. The van der Waals surface area contributed by atoms with Crippen LogP contribution < -0.4 is 5.32 Å². The Morgan fingerprint density at radius 2 is 2.33 bits per heavy atom. The zero-order valence-corrected chi connectivity index (χ0v) is 10.4. The highest BCUT2D eigenvalue weighted by atomic mass is 32.1. The second-order valence-electron chi connectivity index (χ2n) is 3.63. The number of aryl methyl sites for hydroxylation is 1. The van der Waals surface area contributed by atoms with Crippen molar-refractivity contribution in [3.8, 4) is 0 Å². The van der Waals surface area contributed by atoms with Crippen molar-refractivity contribution in [1.29, 1.82) is 0 Å². The molecule has 1 rings (SSSR count). The van der Waals surface area contributed by atoms with E-state index in [1.807, 2.05) is 14.1 Å². The summed E-state index contributed by atoms with van der Waals surface area (Å²) in [5, 5.41) is 5.04. The largest absolute Gasteiger partial charge is 0.341 e. The molecule has 0 aliphatic heterocycles. The lowest BCUT2D eigenvalue weighted by Gasteiger charge is -2.16. The molecule has 0 aromatic carbocycles. The summed E-state index contributed by atoms with van der Waals surface area (Å²) in [7, 11) is 3.72. The summed E-state index contributed by atoms with van der Waals surface area (Å²) in [6.07, 6.45) is 0.567. The van der Waals surface area contributed by atoms with E-state index < -0.39 is 0 Å². The predicted octanol–water partition coefficient (Wildman–Crippen LogP) is 1.62. The highest BCUT2D eigenvalue weighted by Crippen LogP contribution is 2.17. The molecule has 0 radical (unpaired) electrons. The van der Waals surface area contributed by atoms with Crippen molar-refractivity contribution < 1.29 is 4.79 Å². The summed E-state index contributed by atoms with van der Waals surface area (Å²) >= 11 is 1.71. The average molecular weight is 226 g/mol. The van der Waals surface area contributed by atoms with Gasteiger partial charge >= 0.3 is 0 Å². The fourth-order valence-electron chi connectivity index (χ4n) is 1.29. The number of carbonyl (C=O) groups excluding carboxylic acids is 1. The van der Waals surface area contributed by atoms with Crippen LogP contribution in [-0.4, -0.2) is 31.4 Å². The number of hydrogen-bond acceptors (Lipinski definition) is 3. The molecule has 0 spiro atoms. The van der Waals surface area contributed by atoms with Gasteiger partial charge in [0.1, 0.15) is 0 Å². The van der Waals surface area contributed by atoms with Crippen LogP contribution in [0.25, 0.3) is 0 Å². The zero-order chi connectivity index (χ0) is 11.3. The molecular formula is C11H18N2OS. The fourth-order valence-corrected chi connectivity index (χ4v) is 2.25. The Morgan fingerprint density at radius 3 is 2.87 bits per heavy atom. The van der Waals surface area contributed by atoms with Crippen molar-refractivity contribution in [2.75, 3.05) is 20.6 Å². The molecule has 0 fully saturated rings. The SMILES string of the molecule is CNCCC(=O)N(C)Cc1sccc1C. The van der Waals surface area contributed by atoms with Crippen molar-refractivity contribution in [2.45, 2.75) is 19.9 Å². The second kappa shape index (κ2) is 5.88. The third kappa shape index (κ3) is 3.64. The van der Waals surface area contributed by atoms with Gasteiger partial charge in [-0.1, -0.05) is 0 Å². The molecule has 1 heterocycles. The second-order valence-corrected chi connectivity index (χ2v) is 4.63. The number of hydrogen-bond donors (Lipinski definition) is 1. The molecule has 1 aromatic rings. The van der Waals surface area contributed by atoms with E-state index in [2.05, 4.69) is 23.7 Å². The minimum atomic E-state index is 0.192. The highest BCUT2D eigenvalue weighted by molar-refractivity contribution is 7.10. The van der Waals surface area contributed by atoms with Crippen molar-refractivity contribution in [1.82, 2.24) is 10.2 Å². The van der Waals surface area contributed by atoms with Gasteiger partial charge in [-0.2, -0.15) is 0 Å². The van der Waals surface area contributed by atoms with Crippen LogP contribution in [0.5, 0.6) is 0 Å². The van der Waals surface area contributed by atoms with Gasteiger partial charge in [-0.3, -0.25) is 4.79 Å². The Bertz CT molecular complexity index is 322. The Kier molecular flexibility index (Phi) is 4.78. The van der Waals surface area contributed by atoms with Gasteiger partial charge in [0.2, 0.25) is 5.91 Å². The molecule has 3 nitrogen and oxygen atoms in total.